The van der Waals surface area contributed by atoms with E-state index < -0.39 is 6.04 Å². The van der Waals surface area contributed by atoms with E-state index in [4.69, 9.17) is 9.47 Å². The van der Waals surface area contributed by atoms with E-state index in [0.717, 1.165) is 5.56 Å². The number of carbonyl (C=O) groups is 2. The Kier molecular flexibility index (Phi) is 4.25. The maximum atomic E-state index is 12.8. The molecule has 1 unspecified atom stereocenters. The third-order valence-corrected chi connectivity index (χ3v) is 5.18. The Labute approximate surface area is 146 Å². The number of fused-ring (bicyclic) bond motifs is 1. The molecule has 0 aliphatic carbocycles. The van der Waals surface area contributed by atoms with Crippen LogP contribution >= 0.6 is 0 Å². The second-order valence-electron chi connectivity index (χ2n) is 6.82. The van der Waals surface area contributed by atoms with Gasteiger partial charge in [0.1, 0.15) is 6.04 Å². The van der Waals surface area contributed by atoms with Gasteiger partial charge in [-0.2, -0.15) is 0 Å². The number of carbonyl (C=O) groups excluding carboxylic acids is 2. The highest BCUT2D eigenvalue weighted by molar-refractivity contribution is 5.91. The summed E-state index contributed by atoms with van der Waals surface area (Å²) < 4.78 is 10.7. The fourth-order valence-corrected chi connectivity index (χ4v) is 3.72. The van der Waals surface area contributed by atoms with Crippen molar-refractivity contribution < 1.29 is 24.2 Å². The van der Waals surface area contributed by atoms with Crippen molar-refractivity contribution in [3.8, 4) is 11.5 Å². The van der Waals surface area contributed by atoms with Crippen molar-refractivity contribution in [1.29, 1.82) is 0 Å². The summed E-state index contributed by atoms with van der Waals surface area (Å²) in [5.41, 5.74) is 0.923. The Hall–Kier alpha value is -2.28. The zero-order valence-electron chi connectivity index (χ0n) is 14.0. The number of aliphatic hydroxyl groups excluding tert-OH is 1. The molecular weight excluding hydrogens is 324 g/mol. The van der Waals surface area contributed by atoms with E-state index in [-0.39, 0.29) is 24.7 Å². The smallest absolute Gasteiger partial charge is 0.245 e. The maximum absolute atomic E-state index is 12.8. The number of amides is 2. The van der Waals surface area contributed by atoms with Crippen molar-refractivity contribution in [2.24, 2.45) is 0 Å². The van der Waals surface area contributed by atoms with Crippen LogP contribution in [-0.2, 0) is 16.1 Å². The molecule has 7 heteroatoms. The second-order valence-corrected chi connectivity index (χ2v) is 6.82. The van der Waals surface area contributed by atoms with Crippen LogP contribution in [0.2, 0.25) is 0 Å². The topological polar surface area (TPSA) is 79.3 Å². The van der Waals surface area contributed by atoms with Gasteiger partial charge in [-0.15, -0.1) is 0 Å². The first-order valence-electron chi connectivity index (χ1n) is 8.76. The number of aliphatic hydroxyl groups is 1. The van der Waals surface area contributed by atoms with Crippen molar-refractivity contribution in [3.05, 3.63) is 23.8 Å². The zero-order chi connectivity index (χ0) is 17.4. The average Bonchev–Trinajstić information content (AvgIpc) is 3.22. The lowest BCUT2D eigenvalue weighted by molar-refractivity contribution is -0.143. The normalized spacial score (nSPS) is 23.4. The molecule has 0 radical (unpaired) electrons. The third-order valence-electron chi connectivity index (χ3n) is 5.18. The van der Waals surface area contributed by atoms with Gasteiger partial charge in [0.2, 0.25) is 18.6 Å². The van der Waals surface area contributed by atoms with Gasteiger partial charge in [0.15, 0.2) is 11.5 Å². The maximum Gasteiger partial charge on any atom is 0.245 e. The Morgan fingerprint density at radius 1 is 1.16 bits per heavy atom. The summed E-state index contributed by atoms with van der Waals surface area (Å²) in [5, 5.41) is 9.62. The molecule has 2 saturated heterocycles. The largest absolute Gasteiger partial charge is 0.454 e. The molecule has 1 aromatic rings. The molecule has 0 aromatic heterocycles. The summed E-state index contributed by atoms with van der Waals surface area (Å²) in [5.74, 6) is 1.39. The number of hydrogen-bond donors (Lipinski definition) is 1. The Bertz CT molecular complexity index is 684. The minimum Gasteiger partial charge on any atom is -0.454 e. The number of benzene rings is 1. The lowest BCUT2D eigenvalue weighted by Crippen LogP contribution is -2.49. The molecule has 0 spiro atoms. The van der Waals surface area contributed by atoms with Gasteiger partial charge in [-0.3, -0.25) is 9.59 Å². The lowest BCUT2D eigenvalue weighted by Gasteiger charge is -2.34. The van der Waals surface area contributed by atoms with E-state index in [1.807, 2.05) is 18.2 Å². The molecule has 3 aliphatic heterocycles. The monoisotopic (exact) mass is 346 g/mol. The predicted molar refractivity (Wildman–Crippen MR) is 88.0 cm³/mol. The first-order chi connectivity index (χ1) is 12.1. The van der Waals surface area contributed by atoms with Gasteiger partial charge in [-0.25, -0.2) is 0 Å². The van der Waals surface area contributed by atoms with Gasteiger partial charge in [0, 0.05) is 26.1 Å². The highest BCUT2D eigenvalue weighted by Gasteiger charge is 2.39. The average molecular weight is 346 g/mol. The fraction of sp³-hybridized carbons (Fsp3) is 0.556. The standard InChI is InChI=1S/C18H22N2O5/c21-13-5-7-19(8-6-13)18(23)14-2-4-17(22)20(14)10-12-1-3-15-16(9-12)25-11-24-15/h1,3,9,13-14,21H,2,4-8,10-11H2. The molecule has 1 atom stereocenters. The summed E-state index contributed by atoms with van der Waals surface area (Å²) in [6.07, 6.45) is 1.85. The van der Waals surface area contributed by atoms with E-state index in [9.17, 15) is 14.7 Å². The van der Waals surface area contributed by atoms with Crippen LogP contribution in [0.3, 0.4) is 0 Å². The van der Waals surface area contributed by atoms with Gasteiger partial charge >= 0.3 is 0 Å². The number of rotatable bonds is 3. The van der Waals surface area contributed by atoms with Crippen LogP contribution in [0.15, 0.2) is 18.2 Å². The van der Waals surface area contributed by atoms with Crippen molar-refractivity contribution in [2.75, 3.05) is 19.9 Å². The van der Waals surface area contributed by atoms with Gasteiger partial charge in [0.05, 0.1) is 6.10 Å². The number of piperidine rings is 1. The van der Waals surface area contributed by atoms with Crippen LogP contribution < -0.4 is 9.47 Å². The zero-order valence-corrected chi connectivity index (χ0v) is 14.0. The number of hydrogen-bond acceptors (Lipinski definition) is 5. The van der Waals surface area contributed by atoms with E-state index in [1.54, 1.807) is 9.80 Å². The van der Waals surface area contributed by atoms with Gasteiger partial charge in [0.25, 0.3) is 0 Å². The molecule has 134 valence electrons. The highest BCUT2D eigenvalue weighted by Crippen LogP contribution is 2.33. The SMILES string of the molecule is O=C(C1CCC(=O)N1Cc1ccc2c(c1)OCO2)N1CCC(O)CC1. The number of likely N-dealkylation sites (tertiary alicyclic amines) is 2. The van der Waals surface area contributed by atoms with Gasteiger partial charge < -0.3 is 24.4 Å². The van der Waals surface area contributed by atoms with Crippen LogP contribution in [-0.4, -0.2) is 58.7 Å². The van der Waals surface area contributed by atoms with Crippen LogP contribution in [0.25, 0.3) is 0 Å². The van der Waals surface area contributed by atoms with Gasteiger partial charge in [-0.05, 0) is 37.0 Å². The van der Waals surface area contributed by atoms with Gasteiger partial charge in [-0.1, -0.05) is 6.07 Å². The minimum absolute atomic E-state index is 0.00140. The molecule has 3 heterocycles. The van der Waals surface area contributed by atoms with Crippen molar-refractivity contribution in [2.45, 2.75) is 44.4 Å². The molecule has 25 heavy (non-hydrogen) atoms. The molecular formula is C18H22N2O5. The summed E-state index contributed by atoms with van der Waals surface area (Å²) in [7, 11) is 0. The predicted octanol–water partition coefficient (Wildman–Crippen LogP) is 0.890. The first kappa shape index (κ1) is 16.2. The van der Waals surface area contributed by atoms with Crippen molar-refractivity contribution in [1.82, 2.24) is 9.80 Å². The minimum atomic E-state index is -0.409. The summed E-state index contributed by atoms with van der Waals surface area (Å²) >= 11 is 0. The Balaban J connectivity index is 1.47. The Morgan fingerprint density at radius 3 is 2.72 bits per heavy atom. The van der Waals surface area contributed by atoms with Crippen LogP contribution in [0.1, 0.15) is 31.2 Å². The summed E-state index contributed by atoms with van der Waals surface area (Å²) in [6, 6.07) is 5.19. The molecule has 4 rings (SSSR count). The van der Waals surface area contributed by atoms with Crippen LogP contribution in [0, 0.1) is 0 Å². The fourth-order valence-electron chi connectivity index (χ4n) is 3.72. The molecule has 3 aliphatic rings. The highest BCUT2D eigenvalue weighted by atomic mass is 16.7. The first-order valence-corrected chi connectivity index (χ1v) is 8.76. The van der Waals surface area contributed by atoms with E-state index in [2.05, 4.69) is 0 Å². The molecule has 0 saturated carbocycles. The molecule has 2 fully saturated rings. The molecule has 0 bridgehead atoms. The number of nitrogens with zero attached hydrogens (tertiary/aromatic N) is 2. The Morgan fingerprint density at radius 2 is 1.92 bits per heavy atom. The van der Waals surface area contributed by atoms with Crippen molar-refractivity contribution in [3.63, 3.8) is 0 Å². The molecule has 1 aromatic carbocycles. The van der Waals surface area contributed by atoms with E-state index in [0.29, 0.717) is 56.8 Å². The van der Waals surface area contributed by atoms with E-state index in [1.165, 1.54) is 0 Å². The summed E-state index contributed by atoms with van der Waals surface area (Å²) in [6.45, 7) is 1.72. The summed E-state index contributed by atoms with van der Waals surface area (Å²) in [4.78, 5) is 28.6. The van der Waals surface area contributed by atoms with E-state index >= 15 is 0 Å². The quantitative estimate of drug-likeness (QED) is 0.879. The number of ether oxygens (including phenoxy) is 2. The van der Waals surface area contributed by atoms with Crippen molar-refractivity contribution >= 4 is 11.8 Å². The molecule has 1 N–H and O–H groups in total. The molecule has 7 nitrogen and oxygen atoms in total. The second kappa shape index (κ2) is 6.55. The van der Waals surface area contributed by atoms with Crippen LogP contribution in [0.4, 0.5) is 0 Å². The van der Waals surface area contributed by atoms with Crippen LogP contribution in [0.5, 0.6) is 11.5 Å². The third kappa shape index (κ3) is 3.16. The molecule has 2 amide bonds. The lowest BCUT2D eigenvalue weighted by atomic mass is 10.1.